The molecule has 1 aliphatic heterocycles. The van der Waals surface area contributed by atoms with Crippen LogP contribution in [0.3, 0.4) is 0 Å². The summed E-state index contributed by atoms with van der Waals surface area (Å²) in [7, 11) is 2.03. The topological polar surface area (TPSA) is 51.2 Å². The van der Waals surface area contributed by atoms with Gasteiger partial charge in [0.2, 0.25) is 5.78 Å². The zero-order valence-corrected chi connectivity index (χ0v) is 16.2. The van der Waals surface area contributed by atoms with Crippen LogP contribution < -0.4 is 0 Å². The predicted molar refractivity (Wildman–Crippen MR) is 97.8 cm³/mol. The summed E-state index contributed by atoms with van der Waals surface area (Å²) in [4.78, 5) is 14.8. The van der Waals surface area contributed by atoms with Crippen LogP contribution in [-0.4, -0.2) is 42.4 Å². The molecule has 3 aromatic rings. The van der Waals surface area contributed by atoms with E-state index in [4.69, 9.17) is 0 Å². The van der Waals surface area contributed by atoms with Crippen LogP contribution in [0.1, 0.15) is 35.0 Å². The molecule has 0 spiro atoms. The largest absolute Gasteiger partial charge is 0.434 e. The number of hydrogen-bond acceptors (Lipinski definition) is 4. The zero-order valence-electron chi connectivity index (χ0n) is 16.2. The second kappa shape index (κ2) is 6.88. The van der Waals surface area contributed by atoms with Gasteiger partial charge in [0.05, 0.1) is 11.9 Å². The van der Waals surface area contributed by atoms with E-state index in [9.17, 15) is 13.2 Å². The molecule has 4 rings (SSSR count). The second-order valence-corrected chi connectivity index (χ2v) is 7.72. The van der Waals surface area contributed by atoms with Crippen molar-refractivity contribution >= 4 is 5.78 Å². The van der Waals surface area contributed by atoms with Crippen molar-refractivity contribution in [3.8, 4) is 0 Å². The van der Waals surface area contributed by atoms with E-state index in [-0.39, 0.29) is 5.92 Å². The molecule has 0 saturated carbocycles. The van der Waals surface area contributed by atoms with Gasteiger partial charge in [0.15, 0.2) is 5.69 Å². The molecule has 150 valence electrons. The first-order chi connectivity index (χ1) is 13.2. The molecule has 6 nitrogen and oxygen atoms in total. The lowest BCUT2D eigenvalue weighted by atomic mass is 9.99. The molecule has 0 aliphatic carbocycles. The van der Waals surface area contributed by atoms with Crippen molar-refractivity contribution in [2.45, 2.75) is 46.0 Å². The number of alkyl halides is 3. The summed E-state index contributed by atoms with van der Waals surface area (Å²) >= 11 is 0. The van der Waals surface area contributed by atoms with Crippen LogP contribution in [-0.2, 0) is 25.7 Å². The normalized spacial score (nSPS) is 17.5. The fraction of sp³-hybridized carbons (Fsp3) is 0.526. The zero-order chi connectivity index (χ0) is 20.1. The maximum absolute atomic E-state index is 12.9. The van der Waals surface area contributed by atoms with E-state index in [1.165, 1.54) is 0 Å². The second-order valence-electron chi connectivity index (χ2n) is 7.72. The molecule has 0 fully saturated rings. The Morgan fingerprint density at radius 1 is 1.25 bits per heavy atom. The highest BCUT2D eigenvalue weighted by molar-refractivity contribution is 5.35. The smallest absolute Gasteiger partial charge is 0.334 e. The molecule has 1 unspecified atom stereocenters. The summed E-state index contributed by atoms with van der Waals surface area (Å²) in [6.07, 6.45) is 0.0150. The molecule has 0 radical (unpaired) electrons. The van der Waals surface area contributed by atoms with E-state index in [0.717, 1.165) is 36.2 Å². The van der Waals surface area contributed by atoms with Crippen molar-refractivity contribution in [2.24, 2.45) is 5.92 Å². The van der Waals surface area contributed by atoms with Gasteiger partial charge in [0.25, 0.3) is 0 Å². The predicted octanol–water partition coefficient (Wildman–Crippen LogP) is 3.26. The molecule has 9 heteroatoms. The molecule has 0 amide bonds. The summed E-state index contributed by atoms with van der Waals surface area (Å²) in [6.45, 7) is 6.05. The first-order valence-electron chi connectivity index (χ1n) is 9.33. The highest BCUT2D eigenvalue weighted by Gasteiger charge is 2.35. The summed E-state index contributed by atoms with van der Waals surface area (Å²) in [5.74, 6) is 1.51. The Morgan fingerprint density at radius 2 is 2.04 bits per heavy atom. The maximum Gasteiger partial charge on any atom is 0.434 e. The van der Waals surface area contributed by atoms with Gasteiger partial charge in [-0.15, -0.1) is 0 Å². The van der Waals surface area contributed by atoms with Crippen molar-refractivity contribution < 1.29 is 13.2 Å². The number of aromatic nitrogens is 5. The monoisotopic (exact) mass is 392 g/mol. The maximum atomic E-state index is 12.9. The van der Waals surface area contributed by atoms with Crippen molar-refractivity contribution in [3.05, 3.63) is 47.1 Å². The highest BCUT2D eigenvalue weighted by Crippen LogP contribution is 2.30. The number of aryl methyl sites for hydroxylation is 3. The molecule has 1 aliphatic rings. The van der Waals surface area contributed by atoms with Crippen LogP contribution in [0, 0.1) is 19.8 Å². The molecule has 1 atom stereocenters. The van der Waals surface area contributed by atoms with Crippen LogP contribution in [0.4, 0.5) is 13.2 Å². The fourth-order valence-electron chi connectivity index (χ4n) is 4.09. The van der Waals surface area contributed by atoms with E-state index in [2.05, 4.69) is 19.9 Å². The molecule has 3 aromatic heterocycles. The van der Waals surface area contributed by atoms with Gasteiger partial charge in [0.1, 0.15) is 5.82 Å². The average Bonchev–Trinajstić information content (AvgIpc) is 3.18. The summed E-state index contributed by atoms with van der Waals surface area (Å²) in [6, 6.07) is 2.03. The number of nitrogens with zero attached hydrogens (tertiary/aromatic N) is 6. The van der Waals surface area contributed by atoms with E-state index in [1.54, 1.807) is 4.57 Å². The van der Waals surface area contributed by atoms with Crippen molar-refractivity contribution in [3.63, 3.8) is 0 Å². The van der Waals surface area contributed by atoms with Gasteiger partial charge in [-0.1, -0.05) is 0 Å². The van der Waals surface area contributed by atoms with Crippen LogP contribution in [0.2, 0.25) is 0 Å². The minimum atomic E-state index is -4.38. The Labute approximate surface area is 161 Å². The van der Waals surface area contributed by atoms with Gasteiger partial charge < -0.3 is 9.47 Å². The number of rotatable bonds is 4. The first-order valence-corrected chi connectivity index (χ1v) is 9.33. The summed E-state index contributed by atoms with van der Waals surface area (Å²) < 4.78 is 42.4. The highest BCUT2D eigenvalue weighted by atomic mass is 19.4. The van der Waals surface area contributed by atoms with E-state index < -0.39 is 11.9 Å². The van der Waals surface area contributed by atoms with Crippen molar-refractivity contribution in [1.29, 1.82) is 0 Å². The molecule has 0 bridgehead atoms. The first kappa shape index (κ1) is 18.9. The van der Waals surface area contributed by atoms with Gasteiger partial charge in [-0.25, -0.2) is 15.0 Å². The fourth-order valence-corrected chi connectivity index (χ4v) is 4.09. The lowest BCUT2D eigenvalue weighted by Gasteiger charge is -2.28. The number of halogens is 3. The van der Waals surface area contributed by atoms with Crippen LogP contribution in [0.15, 0.2) is 18.5 Å². The molecule has 28 heavy (non-hydrogen) atoms. The molecule has 0 aromatic carbocycles. The van der Waals surface area contributed by atoms with Gasteiger partial charge in [-0.3, -0.25) is 4.40 Å². The van der Waals surface area contributed by atoms with Crippen molar-refractivity contribution in [2.75, 3.05) is 13.6 Å². The molecular formula is C19H23F3N6. The van der Waals surface area contributed by atoms with Crippen molar-refractivity contribution in [1.82, 2.24) is 28.8 Å². The number of hydrogen-bond donors (Lipinski definition) is 0. The van der Waals surface area contributed by atoms with Gasteiger partial charge >= 0.3 is 6.18 Å². The Hall–Kier alpha value is -2.42. The summed E-state index contributed by atoms with van der Waals surface area (Å²) in [5, 5.41) is 0. The lowest BCUT2D eigenvalue weighted by Crippen LogP contribution is -2.31. The van der Waals surface area contributed by atoms with E-state index >= 15 is 0 Å². The average molecular weight is 392 g/mol. The van der Waals surface area contributed by atoms with Gasteiger partial charge in [0, 0.05) is 43.6 Å². The Morgan fingerprint density at radius 3 is 2.79 bits per heavy atom. The SMILES string of the molecule is Cc1cc(C)n2c(CN(C)CC3CCc4nc(C(F)(F)F)cn4C3)cnc2n1. The molecule has 0 saturated heterocycles. The quantitative estimate of drug-likeness (QED) is 0.684. The Kier molecular flexibility index (Phi) is 4.65. The van der Waals surface area contributed by atoms with E-state index in [0.29, 0.717) is 31.1 Å². The van der Waals surface area contributed by atoms with Crippen LogP contribution in [0.25, 0.3) is 5.78 Å². The third-order valence-corrected chi connectivity index (χ3v) is 5.25. The van der Waals surface area contributed by atoms with E-state index in [1.807, 2.05) is 37.6 Å². The minimum absolute atomic E-state index is 0.286. The van der Waals surface area contributed by atoms with Crippen LogP contribution in [0.5, 0.6) is 0 Å². The Balaban J connectivity index is 1.44. The minimum Gasteiger partial charge on any atom is -0.334 e. The number of imidazole rings is 2. The van der Waals surface area contributed by atoms with Gasteiger partial charge in [-0.2, -0.15) is 13.2 Å². The third-order valence-electron chi connectivity index (χ3n) is 5.25. The molecule has 0 N–H and O–H groups in total. The summed E-state index contributed by atoms with van der Waals surface area (Å²) in [5.41, 5.74) is 2.29. The van der Waals surface area contributed by atoms with Gasteiger partial charge in [-0.05, 0) is 39.3 Å². The van der Waals surface area contributed by atoms with Crippen LogP contribution >= 0.6 is 0 Å². The molecular weight excluding hydrogens is 369 g/mol. The third kappa shape index (κ3) is 3.63. The molecule has 4 heterocycles. The Bertz CT molecular complexity index is 1000. The standard InChI is InChI=1S/C19H23F3N6/c1-12-6-13(2)28-15(7-23-18(28)24-12)10-26(3)8-14-4-5-17-25-16(19(20,21)22)11-27(17)9-14/h6-7,11,14H,4-5,8-10H2,1-3H3. The number of fused-ring (bicyclic) bond motifs is 2. The lowest BCUT2D eigenvalue weighted by molar-refractivity contribution is -0.141.